The highest BCUT2D eigenvalue weighted by Gasteiger charge is 2.44. The summed E-state index contributed by atoms with van der Waals surface area (Å²) in [4.78, 5) is 22.8. The van der Waals surface area contributed by atoms with Gasteiger partial charge in [0.25, 0.3) is 0 Å². The van der Waals surface area contributed by atoms with E-state index >= 15 is 0 Å². The van der Waals surface area contributed by atoms with Crippen molar-refractivity contribution in [3.8, 4) is 5.75 Å². The summed E-state index contributed by atoms with van der Waals surface area (Å²) in [6.45, 7) is 3.83. The van der Waals surface area contributed by atoms with E-state index < -0.39 is 18.0 Å². The summed E-state index contributed by atoms with van der Waals surface area (Å²) >= 11 is 0. The lowest BCUT2D eigenvalue weighted by atomic mass is 9.73. The zero-order chi connectivity index (χ0) is 26.8. The fourth-order valence-corrected chi connectivity index (χ4v) is 5.94. The molecule has 1 unspecified atom stereocenters. The smallest absolute Gasteiger partial charge is 0.344 e. The summed E-state index contributed by atoms with van der Waals surface area (Å²) in [5.74, 6) is 0.210. The number of aliphatic hydroxyl groups excluding tert-OH is 2. The van der Waals surface area contributed by atoms with E-state index in [0.717, 1.165) is 63.4 Å². The summed E-state index contributed by atoms with van der Waals surface area (Å²) in [5, 5.41) is 29.9. The van der Waals surface area contributed by atoms with Crippen molar-refractivity contribution < 1.29 is 39.1 Å². The molecule has 0 aromatic heterocycles. The number of hydrogen-bond acceptors (Lipinski definition) is 7. The highest BCUT2D eigenvalue weighted by molar-refractivity contribution is 5.71. The van der Waals surface area contributed by atoms with Crippen LogP contribution in [-0.4, -0.2) is 65.4 Å². The number of unbranched alkanes of at least 4 members (excludes halogenated alkanes) is 2. The monoisotopic (exact) mass is 520 g/mol. The highest BCUT2D eigenvalue weighted by Crippen LogP contribution is 2.48. The second-order valence-electron chi connectivity index (χ2n) is 10.7. The van der Waals surface area contributed by atoms with Gasteiger partial charge in [0.2, 0.25) is 0 Å². The van der Waals surface area contributed by atoms with Crippen molar-refractivity contribution in [1.29, 1.82) is 0 Å². The number of hydrogen-bond donors (Lipinski definition) is 3. The van der Waals surface area contributed by atoms with Crippen molar-refractivity contribution in [2.75, 3.05) is 19.8 Å². The molecule has 0 saturated heterocycles. The van der Waals surface area contributed by atoms with E-state index in [4.69, 9.17) is 19.3 Å². The lowest BCUT2D eigenvalue weighted by Crippen LogP contribution is -2.28. The third-order valence-electron chi connectivity index (χ3n) is 7.81. The molecule has 37 heavy (non-hydrogen) atoms. The second kappa shape index (κ2) is 14.7. The Balaban J connectivity index is 1.50. The number of rotatable bonds is 16. The topological polar surface area (TPSA) is 123 Å². The number of carboxylic acids is 1. The van der Waals surface area contributed by atoms with Crippen LogP contribution < -0.4 is 4.74 Å². The molecule has 2 aliphatic carbocycles. The summed E-state index contributed by atoms with van der Waals surface area (Å²) < 4.78 is 16.4. The summed E-state index contributed by atoms with van der Waals surface area (Å²) in [6.07, 6.45) is 7.01. The predicted molar refractivity (Wildman–Crippen MR) is 138 cm³/mol. The number of aliphatic hydroxyl groups is 2. The van der Waals surface area contributed by atoms with Crippen LogP contribution in [0.5, 0.6) is 5.75 Å². The summed E-state index contributed by atoms with van der Waals surface area (Å²) in [6, 6.07) is 5.92. The summed E-state index contributed by atoms with van der Waals surface area (Å²) in [7, 11) is 0. The number of ether oxygens (including phenoxy) is 3. The Bertz CT molecular complexity index is 871. The molecule has 1 aromatic rings. The van der Waals surface area contributed by atoms with Crippen LogP contribution in [0.15, 0.2) is 18.2 Å². The lowest BCUT2D eigenvalue weighted by Gasteiger charge is -2.32. The van der Waals surface area contributed by atoms with Crippen molar-refractivity contribution in [1.82, 2.24) is 0 Å². The molecule has 8 nitrogen and oxygen atoms in total. The van der Waals surface area contributed by atoms with Crippen LogP contribution >= 0.6 is 0 Å². The molecule has 2 aliphatic rings. The van der Waals surface area contributed by atoms with E-state index in [1.54, 1.807) is 6.92 Å². The van der Waals surface area contributed by atoms with Gasteiger partial charge in [0.15, 0.2) is 6.61 Å². The molecule has 0 aliphatic heterocycles. The van der Waals surface area contributed by atoms with Crippen molar-refractivity contribution in [3.63, 3.8) is 0 Å². The van der Waals surface area contributed by atoms with Gasteiger partial charge in [0.1, 0.15) is 11.9 Å². The van der Waals surface area contributed by atoms with Gasteiger partial charge in [-0.2, -0.15) is 0 Å². The van der Waals surface area contributed by atoms with Gasteiger partial charge in [-0.15, -0.1) is 0 Å². The number of carbonyl (C=O) groups excluding carboxylic acids is 1. The molecule has 0 radical (unpaired) electrons. The molecule has 0 amide bonds. The van der Waals surface area contributed by atoms with Crippen LogP contribution in [0.3, 0.4) is 0 Å². The Labute approximate surface area is 220 Å². The van der Waals surface area contributed by atoms with E-state index in [2.05, 4.69) is 13.0 Å². The third-order valence-corrected chi connectivity index (χ3v) is 7.81. The average Bonchev–Trinajstić information content (AvgIpc) is 3.16. The molecule has 0 heterocycles. The fraction of sp³-hybridized carbons (Fsp3) is 0.724. The number of esters is 1. The average molecular weight is 521 g/mol. The Morgan fingerprint density at radius 2 is 1.97 bits per heavy atom. The molecule has 3 rings (SSSR count). The zero-order valence-corrected chi connectivity index (χ0v) is 22.3. The molecular formula is C29H44O8. The van der Waals surface area contributed by atoms with Gasteiger partial charge in [0, 0.05) is 0 Å². The first-order valence-electron chi connectivity index (χ1n) is 13.9. The van der Waals surface area contributed by atoms with Crippen LogP contribution in [0.2, 0.25) is 0 Å². The Morgan fingerprint density at radius 1 is 1.16 bits per heavy atom. The normalized spacial score (nSPS) is 24.1. The van der Waals surface area contributed by atoms with E-state index in [1.165, 1.54) is 5.56 Å². The van der Waals surface area contributed by atoms with Crippen LogP contribution in [-0.2, 0) is 31.9 Å². The van der Waals surface area contributed by atoms with E-state index in [-0.39, 0.29) is 44.4 Å². The Morgan fingerprint density at radius 3 is 2.73 bits per heavy atom. The summed E-state index contributed by atoms with van der Waals surface area (Å²) in [5.41, 5.74) is 2.31. The van der Waals surface area contributed by atoms with Crippen molar-refractivity contribution in [2.45, 2.75) is 96.4 Å². The first-order chi connectivity index (χ1) is 17.8. The highest BCUT2D eigenvalue weighted by atomic mass is 16.6. The van der Waals surface area contributed by atoms with Gasteiger partial charge in [-0.25, -0.2) is 4.79 Å². The van der Waals surface area contributed by atoms with Gasteiger partial charge in [-0.05, 0) is 80.4 Å². The number of fused-ring (bicyclic) bond motifs is 2. The molecular weight excluding hydrogens is 476 g/mol. The number of aliphatic carboxylic acids is 1. The number of carboxylic acid groups (broad SMARTS) is 1. The maximum atomic E-state index is 12.3. The maximum absolute atomic E-state index is 12.3. The molecule has 208 valence electrons. The molecule has 1 fully saturated rings. The predicted octanol–water partition coefficient (Wildman–Crippen LogP) is 3.92. The minimum Gasteiger partial charge on any atom is -0.482 e. The number of benzene rings is 1. The maximum Gasteiger partial charge on any atom is 0.344 e. The van der Waals surface area contributed by atoms with Crippen LogP contribution in [0.25, 0.3) is 0 Å². The van der Waals surface area contributed by atoms with Gasteiger partial charge >= 0.3 is 11.9 Å². The van der Waals surface area contributed by atoms with E-state index in [0.29, 0.717) is 17.6 Å². The van der Waals surface area contributed by atoms with Gasteiger partial charge in [0.05, 0.1) is 31.8 Å². The van der Waals surface area contributed by atoms with Crippen molar-refractivity contribution >= 4 is 11.9 Å². The molecule has 1 saturated carbocycles. The van der Waals surface area contributed by atoms with E-state index in [9.17, 15) is 19.8 Å². The van der Waals surface area contributed by atoms with Crippen LogP contribution in [0.4, 0.5) is 0 Å². The first kappa shape index (κ1) is 29.4. The van der Waals surface area contributed by atoms with Gasteiger partial charge < -0.3 is 29.5 Å². The molecule has 3 N–H and O–H groups in total. The quantitative estimate of drug-likeness (QED) is 0.221. The third kappa shape index (κ3) is 8.97. The first-order valence-corrected chi connectivity index (χ1v) is 13.9. The number of carbonyl (C=O) groups is 2. The zero-order valence-electron chi connectivity index (χ0n) is 22.3. The van der Waals surface area contributed by atoms with Gasteiger partial charge in [-0.1, -0.05) is 38.3 Å². The van der Waals surface area contributed by atoms with Crippen molar-refractivity contribution in [2.24, 2.45) is 17.8 Å². The van der Waals surface area contributed by atoms with Crippen LogP contribution in [0.1, 0.15) is 76.3 Å². The fourth-order valence-electron chi connectivity index (χ4n) is 5.94. The SMILES string of the molecule is CCCCC[C@H](O)CC[C@@H]1[C@H]2Cc3cccc(OCC(=O)OC(C)COCCC(=O)O)c3C[C@H]2C[C@H]1O. The minimum atomic E-state index is -0.935. The second-order valence-corrected chi connectivity index (χ2v) is 10.7. The largest absolute Gasteiger partial charge is 0.482 e. The Hall–Kier alpha value is -2.16. The van der Waals surface area contributed by atoms with Gasteiger partial charge in [-0.3, -0.25) is 4.79 Å². The lowest BCUT2D eigenvalue weighted by molar-refractivity contribution is -0.154. The minimum absolute atomic E-state index is 0.0706. The van der Waals surface area contributed by atoms with Crippen molar-refractivity contribution in [3.05, 3.63) is 29.3 Å². The van der Waals surface area contributed by atoms with E-state index in [1.807, 2.05) is 12.1 Å². The molecule has 0 spiro atoms. The van der Waals surface area contributed by atoms with Crippen LogP contribution in [0, 0.1) is 17.8 Å². The molecule has 0 bridgehead atoms. The molecule has 6 atom stereocenters. The molecule has 8 heteroatoms. The molecule has 1 aromatic carbocycles. The standard InChI is InChI=1S/C29H44O8/c1-3-4-5-8-22(30)10-11-23-24-14-20-7-6-9-27(25(20)15-21(24)16-26(23)31)36-18-29(34)37-19(2)17-35-13-12-28(32)33/h6-7,9,19,21-24,26,30-31H,3-5,8,10-18H2,1-2H3,(H,32,33)/t19?,21-,22-,23+,24-,26+/m0/s1. The Kier molecular flexibility index (Phi) is 11.7.